The summed E-state index contributed by atoms with van der Waals surface area (Å²) in [5.74, 6) is 0. The van der Waals surface area contributed by atoms with Gasteiger partial charge in [-0.3, -0.25) is 0 Å². The number of unbranched alkanes of at least 4 members (excludes halogenated alkanes) is 18. The van der Waals surface area contributed by atoms with E-state index in [1.807, 2.05) is 0 Å². The van der Waals surface area contributed by atoms with Gasteiger partial charge in [-0.2, -0.15) is 0 Å². The van der Waals surface area contributed by atoms with Gasteiger partial charge < -0.3 is 17.2 Å². The van der Waals surface area contributed by atoms with Gasteiger partial charge >= 0.3 is 0 Å². The first-order valence-corrected chi connectivity index (χ1v) is 29.9. The Bertz CT molecular complexity index is 1400. The standard InChI is InChI=1S/C59H91Si.3CH5N/c1-7-13-19-25-33-50-41-51(34-26-20-14-8-2)45-57(44-50)60(56-39-31-32-40-56,58-46-52(35-27-21-15-9-3)42-53(47-58)36-28-22-16-10-4)59-48-54(37-29-23-17-11-5)43-55(49-59)38-30-24-18-12-6;3*1-2/h31-32,39-49H,7-30,33-38H2,1-6H3;3*2H2,1H3. The van der Waals surface area contributed by atoms with Gasteiger partial charge in [0.2, 0.25) is 0 Å². The fourth-order valence-corrected chi connectivity index (χ4v) is 15.1. The molecule has 0 fully saturated rings. The number of hydrogen-bond acceptors (Lipinski definition) is 3. The van der Waals surface area contributed by atoms with Crippen LogP contribution >= 0.6 is 0 Å². The smallest absolute Gasteiger partial charge is 0.162 e. The minimum absolute atomic E-state index is 1.20. The van der Waals surface area contributed by atoms with Crippen LogP contribution in [-0.2, 0) is 38.5 Å². The molecule has 66 heavy (non-hydrogen) atoms. The molecule has 4 heteroatoms. The fraction of sp³-hybridized carbons (Fsp3) is 0.629. The first-order valence-electron chi connectivity index (χ1n) is 27.9. The van der Waals surface area contributed by atoms with Gasteiger partial charge in [0.25, 0.3) is 0 Å². The van der Waals surface area contributed by atoms with Crippen molar-refractivity contribution < 1.29 is 0 Å². The third-order valence-electron chi connectivity index (χ3n) is 13.5. The van der Waals surface area contributed by atoms with Crippen LogP contribution in [0.1, 0.15) is 229 Å². The molecule has 1 radical (unpaired) electrons. The summed E-state index contributed by atoms with van der Waals surface area (Å²) in [5.41, 5.74) is 24.6. The molecule has 0 saturated heterocycles. The second-order valence-electron chi connectivity index (χ2n) is 18.9. The lowest BCUT2D eigenvalue weighted by Gasteiger charge is -2.39. The molecule has 0 aromatic heterocycles. The van der Waals surface area contributed by atoms with Gasteiger partial charge in [0.05, 0.1) is 0 Å². The zero-order chi connectivity index (χ0) is 48.7. The Morgan fingerprint density at radius 1 is 0.273 bits per heavy atom. The summed E-state index contributed by atoms with van der Waals surface area (Å²) >= 11 is 0. The third kappa shape index (κ3) is 22.1. The highest BCUT2D eigenvalue weighted by Crippen LogP contribution is 2.30. The highest BCUT2D eigenvalue weighted by Gasteiger charge is 2.46. The predicted molar refractivity (Wildman–Crippen MR) is 303 cm³/mol. The second kappa shape index (κ2) is 40.2. The topological polar surface area (TPSA) is 78.1 Å². The normalized spacial score (nSPS) is 12.1. The summed E-state index contributed by atoms with van der Waals surface area (Å²) < 4.78 is 0. The lowest BCUT2D eigenvalue weighted by molar-refractivity contribution is 0.661. The minimum Gasteiger partial charge on any atom is -0.333 e. The molecule has 0 heterocycles. The quantitative estimate of drug-likeness (QED) is 0.0317. The average Bonchev–Trinajstić information content (AvgIpc) is 3.90. The van der Waals surface area contributed by atoms with E-state index in [9.17, 15) is 0 Å². The molecule has 0 amide bonds. The van der Waals surface area contributed by atoms with Crippen LogP contribution in [0.25, 0.3) is 0 Å². The summed E-state index contributed by atoms with van der Waals surface area (Å²) in [7, 11) is 1.74. The number of allylic oxidation sites excluding steroid dienone is 4. The number of nitrogens with two attached hydrogens (primary N) is 3. The van der Waals surface area contributed by atoms with Crippen molar-refractivity contribution in [1.29, 1.82) is 0 Å². The zero-order valence-electron chi connectivity index (χ0n) is 45.0. The molecule has 0 aliphatic heterocycles. The van der Waals surface area contributed by atoms with Crippen molar-refractivity contribution in [3.63, 3.8) is 0 Å². The van der Waals surface area contributed by atoms with Gasteiger partial charge in [0.15, 0.2) is 8.07 Å². The number of hydrogen-bond donors (Lipinski definition) is 3. The van der Waals surface area contributed by atoms with Crippen LogP contribution in [0.2, 0.25) is 0 Å². The van der Waals surface area contributed by atoms with Gasteiger partial charge in [0, 0.05) is 5.54 Å². The van der Waals surface area contributed by atoms with Gasteiger partial charge in [-0.05, 0) is 147 Å². The monoisotopic (exact) mass is 921 g/mol. The van der Waals surface area contributed by atoms with Crippen LogP contribution < -0.4 is 32.8 Å². The molecule has 6 N–H and O–H groups in total. The number of aryl methyl sites for hydroxylation is 6. The molecule has 373 valence electrons. The second-order valence-corrected chi connectivity index (χ2v) is 22.7. The maximum absolute atomic E-state index is 4.50. The van der Waals surface area contributed by atoms with Crippen LogP contribution in [0.3, 0.4) is 0 Å². The van der Waals surface area contributed by atoms with E-state index < -0.39 is 8.07 Å². The molecule has 0 unspecified atom stereocenters. The Hall–Kier alpha value is -2.76. The van der Waals surface area contributed by atoms with E-state index in [0.717, 1.165) is 0 Å². The van der Waals surface area contributed by atoms with Crippen LogP contribution in [0.15, 0.2) is 78.9 Å². The Morgan fingerprint density at radius 2 is 0.470 bits per heavy atom. The van der Waals surface area contributed by atoms with E-state index in [4.69, 9.17) is 0 Å². The van der Waals surface area contributed by atoms with Gasteiger partial charge in [-0.1, -0.05) is 236 Å². The van der Waals surface area contributed by atoms with Gasteiger partial charge in [-0.25, -0.2) is 0 Å². The predicted octanol–water partition coefficient (Wildman–Crippen LogP) is 14.9. The Labute approximate surface area is 412 Å². The van der Waals surface area contributed by atoms with E-state index in [0.29, 0.717) is 0 Å². The summed E-state index contributed by atoms with van der Waals surface area (Å²) in [6, 6.07) is 24.4. The Morgan fingerprint density at radius 3 is 0.652 bits per heavy atom. The Kier molecular flexibility index (Phi) is 37.3. The summed E-state index contributed by atoms with van der Waals surface area (Å²) in [4.78, 5) is 0. The maximum atomic E-state index is 4.50. The van der Waals surface area contributed by atoms with E-state index >= 15 is 0 Å². The van der Waals surface area contributed by atoms with E-state index in [-0.39, 0.29) is 0 Å². The van der Waals surface area contributed by atoms with Crippen LogP contribution in [0.4, 0.5) is 0 Å². The van der Waals surface area contributed by atoms with E-state index in [2.05, 4.69) is 138 Å². The third-order valence-corrected chi connectivity index (χ3v) is 18.1. The Balaban J connectivity index is 0.00000348. The molecule has 3 aromatic carbocycles. The zero-order valence-corrected chi connectivity index (χ0v) is 46.0. The van der Waals surface area contributed by atoms with Crippen molar-refractivity contribution in [1.82, 2.24) is 0 Å². The molecule has 4 rings (SSSR count). The highest BCUT2D eigenvalue weighted by molar-refractivity contribution is 7.15. The molecule has 0 spiro atoms. The molecule has 0 saturated carbocycles. The van der Waals surface area contributed by atoms with Crippen LogP contribution in [-0.4, -0.2) is 29.2 Å². The van der Waals surface area contributed by atoms with Crippen LogP contribution in [0, 0.1) is 5.54 Å². The fourth-order valence-electron chi connectivity index (χ4n) is 9.96. The van der Waals surface area contributed by atoms with E-state index in [1.165, 1.54) is 214 Å². The molecular formula is C62H106N3Si. The molecule has 3 aromatic rings. The first kappa shape index (κ1) is 61.3. The van der Waals surface area contributed by atoms with Crippen molar-refractivity contribution in [2.75, 3.05) is 21.1 Å². The minimum atomic E-state index is -2.76. The molecule has 0 atom stereocenters. The largest absolute Gasteiger partial charge is 0.333 e. The van der Waals surface area contributed by atoms with Crippen molar-refractivity contribution in [2.45, 2.75) is 234 Å². The number of rotatable bonds is 34. The summed E-state index contributed by atoms with van der Waals surface area (Å²) in [6.07, 6.45) is 48.6. The van der Waals surface area contributed by atoms with Crippen molar-refractivity contribution in [3.8, 4) is 0 Å². The molecule has 3 nitrogen and oxygen atoms in total. The average molecular weight is 922 g/mol. The summed E-state index contributed by atoms with van der Waals surface area (Å²) in [5, 5.41) is 4.94. The lowest BCUT2D eigenvalue weighted by Crippen LogP contribution is -2.70. The highest BCUT2D eigenvalue weighted by atomic mass is 28.3. The molecule has 1 aliphatic rings. The molecule has 1 aliphatic carbocycles. The van der Waals surface area contributed by atoms with Crippen molar-refractivity contribution >= 4 is 23.6 Å². The van der Waals surface area contributed by atoms with Gasteiger partial charge in [-0.15, -0.1) is 0 Å². The van der Waals surface area contributed by atoms with Gasteiger partial charge in [0.1, 0.15) is 0 Å². The molecule has 0 bridgehead atoms. The lowest BCUT2D eigenvalue weighted by atomic mass is 10.00. The summed E-state index contributed by atoms with van der Waals surface area (Å²) in [6.45, 7) is 14.1. The SMILES string of the molecule is CCCCCCc1cc(CCCCCC)cc([Si]([C]2C=CC=C2)(c2cc(CCCCCC)cc(CCCCCC)c2)c2cc(CCCCCC)cc(CCCCCC)c2)c1.CN.CN.CN. The van der Waals surface area contributed by atoms with Crippen LogP contribution in [0.5, 0.6) is 0 Å². The van der Waals surface area contributed by atoms with Crippen molar-refractivity contribution in [3.05, 3.63) is 118 Å². The van der Waals surface area contributed by atoms with E-state index in [1.54, 1.807) is 54.5 Å². The number of benzene rings is 3. The van der Waals surface area contributed by atoms with Crippen molar-refractivity contribution in [2.24, 2.45) is 17.2 Å². The molecular weight excluding hydrogens is 815 g/mol. The first-order chi connectivity index (χ1) is 32.5. The maximum Gasteiger partial charge on any atom is 0.162 e.